The molecule has 3 aromatic heterocycles. The molecule has 4 aromatic rings. The fourth-order valence-electron chi connectivity index (χ4n) is 3.06. The van der Waals surface area contributed by atoms with Crippen molar-refractivity contribution in [3.05, 3.63) is 64.4 Å². The quantitative estimate of drug-likeness (QED) is 0.423. The summed E-state index contributed by atoms with van der Waals surface area (Å²) in [4.78, 5) is 13.1. The number of hydrogen-bond acceptors (Lipinski definition) is 5. The van der Waals surface area contributed by atoms with E-state index in [0.29, 0.717) is 10.9 Å². The van der Waals surface area contributed by atoms with Gasteiger partial charge in [-0.15, -0.1) is 0 Å². The molecule has 0 saturated heterocycles. The number of para-hydroxylation sites is 1. The Morgan fingerprint density at radius 1 is 1.16 bits per heavy atom. The maximum atomic E-state index is 13.5. The molecule has 0 radical (unpaired) electrons. The molecule has 0 amide bonds. The molecule has 3 heterocycles. The van der Waals surface area contributed by atoms with Gasteiger partial charge in [-0.05, 0) is 44.5 Å². The van der Waals surface area contributed by atoms with Crippen LogP contribution < -0.4 is 5.55 Å². The van der Waals surface area contributed by atoms with Crippen LogP contribution in [0.2, 0.25) is 5.02 Å². The summed E-state index contributed by atoms with van der Waals surface area (Å²) in [6, 6.07) is 9.33. The Bertz CT molecular complexity index is 1340. The third-order valence-electron chi connectivity index (χ3n) is 4.41. The minimum absolute atomic E-state index is 0.0268. The van der Waals surface area contributed by atoms with Crippen molar-refractivity contribution >= 4 is 22.5 Å². The van der Waals surface area contributed by atoms with E-state index in [1.165, 1.54) is 12.3 Å². The Labute approximate surface area is 180 Å². The second kappa shape index (κ2) is 7.81. The maximum absolute atomic E-state index is 13.5. The Morgan fingerprint density at radius 3 is 2.61 bits per heavy atom. The molecule has 0 aliphatic heterocycles. The van der Waals surface area contributed by atoms with Crippen LogP contribution in [0.5, 0.6) is 0 Å². The topological polar surface area (TPSA) is 69.1 Å². The first-order valence-corrected chi connectivity index (χ1v) is 9.76. The van der Waals surface area contributed by atoms with Crippen LogP contribution in [0.4, 0.5) is 13.2 Å². The minimum atomic E-state index is -4.68. The average molecular weight is 448 g/mol. The molecule has 0 atom stereocenters. The van der Waals surface area contributed by atoms with Crippen LogP contribution in [0.1, 0.15) is 25.1 Å². The molecule has 1 aromatic carbocycles. The van der Waals surface area contributed by atoms with Crippen LogP contribution in [0.15, 0.2) is 52.0 Å². The number of aryl methyl sites for hydroxylation is 1. The Balaban J connectivity index is 2.08. The minimum Gasteiger partial charge on any atom is -0.418 e. The summed E-state index contributed by atoms with van der Waals surface area (Å²) in [6.07, 6.45) is -3.27. The van der Waals surface area contributed by atoms with E-state index < -0.39 is 11.9 Å². The first-order valence-electron chi connectivity index (χ1n) is 9.38. The summed E-state index contributed by atoms with van der Waals surface area (Å²) in [5.74, 6) is -0.0511. The normalized spacial score (nSPS) is 12.8. The highest BCUT2D eigenvalue weighted by Gasteiger charge is 2.36. The highest BCUT2D eigenvalue weighted by molar-refractivity contribution is 6.32. The van der Waals surface area contributed by atoms with Gasteiger partial charge in [0.25, 0.3) is 0 Å². The summed E-state index contributed by atoms with van der Waals surface area (Å²) in [6.45, 7) is 5.60. The van der Waals surface area contributed by atoms with Crippen molar-refractivity contribution in [3.8, 4) is 17.4 Å². The molecule has 0 unspecified atom stereocenters. The number of benzene rings is 1. The van der Waals surface area contributed by atoms with E-state index >= 15 is 0 Å². The smallest absolute Gasteiger partial charge is 0.418 e. The standard InChI is InChI=1S/C21H17ClF3N5O/c1-11(2)27-19-13-7-4-6-12(3)17(13)28-20(31-19)15-10-16(21(23,24)25)29-30(15)18-14(22)8-5-9-26-18/h4-11H,1-3H3/b27-19-. The lowest BCUT2D eigenvalue weighted by atomic mass is 10.1. The van der Waals surface area contributed by atoms with Gasteiger partial charge in [-0.2, -0.15) is 18.3 Å². The summed E-state index contributed by atoms with van der Waals surface area (Å²) >= 11 is 6.19. The van der Waals surface area contributed by atoms with E-state index in [2.05, 4.69) is 20.1 Å². The number of rotatable bonds is 3. The summed E-state index contributed by atoms with van der Waals surface area (Å²) in [7, 11) is 0. The zero-order valence-electron chi connectivity index (χ0n) is 16.8. The third-order valence-corrected chi connectivity index (χ3v) is 4.70. The fraction of sp³-hybridized carbons (Fsp3) is 0.238. The van der Waals surface area contributed by atoms with E-state index in [0.717, 1.165) is 16.3 Å². The van der Waals surface area contributed by atoms with Gasteiger partial charge >= 0.3 is 6.18 Å². The van der Waals surface area contributed by atoms with E-state index in [1.807, 2.05) is 32.9 Å². The van der Waals surface area contributed by atoms with Crippen molar-refractivity contribution in [2.45, 2.75) is 33.0 Å². The zero-order chi connectivity index (χ0) is 22.3. The van der Waals surface area contributed by atoms with Crippen LogP contribution in [0, 0.1) is 6.92 Å². The number of fused-ring (bicyclic) bond motifs is 1. The maximum Gasteiger partial charge on any atom is 0.435 e. The van der Waals surface area contributed by atoms with E-state index in [9.17, 15) is 13.2 Å². The predicted octanol–water partition coefficient (Wildman–Crippen LogP) is 5.37. The van der Waals surface area contributed by atoms with Crippen LogP contribution in [-0.2, 0) is 6.18 Å². The number of alkyl halides is 3. The van der Waals surface area contributed by atoms with Gasteiger partial charge in [0.1, 0.15) is 5.69 Å². The van der Waals surface area contributed by atoms with Crippen LogP contribution in [0.3, 0.4) is 0 Å². The number of nitrogens with zero attached hydrogens (tertiary/aromatic N) is 5. The second-order valence-electron chi connectivity index (χ2n) is 7.15. The van der Waals surface area contributed by atoms with Crippen molar-refractivity contribution in [1.82, 2.24) is 19.7 Å². The largest absolute Gasteiger partial charge is 0.435 e. The molecule has 0 saturated carbocycles. The first-order chi connectivity index (χ1) is 14.6. The van der Waals surface area contributed by atoms with Gasteiger partial charge in [0.05, 0.1) is 15.9 Å². The molecular formula is C21H17ClF3N5O. The van der Waals surface area contributed by atoms with Crippen LogP contribution in [-0.4, -0.2) is 25.8 Å². The van der Waals surface area contributed by atoms with Gasteiger partial charge in [-0.1, -0.05) is 23.7 Å². The molecule has 10 heteroatoms. The molecule has 6 nitrogen and oxygen atoms in total. The molecular weight excluding hydrogens is 431 g/mol. The Kier molecular flexibility index (Phi) is 5.30. The number of halogens is 4. The Morgan fingerprint density at radius 2 is 1.94 bits per heavy atom. The average Bonchev–Trinajstić information content (AvgIpc) is 3.14. The van der Waals surface area contributed by atoms with Crippen LogP contribution in [0.25, 0.3) is 28.3 Å². The molecule has 4 rings (SSSR count). The Hall–Kier alpha value is -3.20. The van der Waals surface area contributed by atoms with E-state index in [4.69, 9.17) is 16.0 Å². The summed E-state index contributed by atoms with van der Waals surface area (Å²) in [5.41, 5.74) is 0.503. The monoisotopic (exact) mass is 447 g/mol. The SMILES string of the molecule is Cc1cccc2/c(=N/C(C)C)oc(-c3cc(C(F)(F)F)nn3-c3ncccc3Cl)nc12. The van der Waals surface area contributed by atoms with Crippen LogP contribution >= 0.6 is 11.6 Å². The fourth-order valence-corrected chi connectivity index (χ4v) is 3.26. The lowest BCUT2D eigenvalue weighted by molar-refractivity contribution is -0.141. The van der Waals surface area contributed by atoms with E-state index in [-0.39, 0.29) is 34.0 Å². The molecule has 0 aliphatic carbocycles. The molecule has 0 fully saturated rings. The molecule has 0 bridgehead atoms. The lowest BCUT2D eigenvalue weighted by Gasteiger charge is -2.09. The molecule has 160 valence electrons. The van der Waals surface area contributed by atoms with Crippen molar-refractivity contribution < 1.29 is 17.6 Å². The first kappa shape index (κ1) is 21.0. The van der Waals surface area contributed by atoms with Crippen molar-refractivity contribution in [1.29, 1.82) is 0 Å². The second-order valence-corrected chi connectivity index (χ2v) is 7.56. The van der Waals surface area contributed by atoms with Crippen molar-refractivity contribution in [2.75, 3.05) is 0 Å². The highest BCUT2D eigenvalue weighted by atomic mass is 35.5. The highest BCUT2D eigenvalue weighted by Crippen LogP contribution is 2.33. The molecule has 31 heavy (non-hydrogen) atoms. The summed E-state index contributed by atoms with van der Waals surface area (Å²) in [5, 5.41) is 4.49. The van der Waals surface area contributed by atoms with Gasteiger partial charge in [0, 0.05) is 18.3 Å². The van der Waals surface area contributed by atoms with Gasteiger partial charge in [-0.25, -0.2) is 19.6 Å². The van der Waals surface area contributed by atoms with Crippen molar-refractivity contribution in [3.63, 3.8) is 0 Å². The number of pyridine rings is 1. The predicted molar refractivity (Wildman–Crippen MR) is 110 cm³/mol. The summed E-state index contributed by atoms with van der Waals surface area (Å²) < 4.78 is 47.3. The van der Waals surface area contributed by atoms with Gasteiger partial charge in [0.2, 0.25) is 11.4 Å². The van der Waals surface area contributed by atoms with E-state index in [1.54, 1.807) is 12.1 Å². The molecule has 0 N–H and O–H groups in total. The molecule has 0 aliphatic rings. The zero-order valence-corrected chi connectivity index (χ0v) is 17.5. The third kappa shape index (κ3) is 4.05. The molecule has 0 spiro atoms. The van der Waals surface area contributed by atoms with Gasteiger partial charge in [-0.3, -0.25) is 0 Å². The number of aromatic nitrogens is 4. The number of hydrogen-bond donors (Lipinski definition) is 0. The van der Waals surface area contributed by atoms with Crippen molar-refractivity contribution in [2.24, 2.45) is 4.99 Å². The van der Waals surface area contributed by atoms with Gasteiger partial charge < -0.3 is 4.42 Å². The van der Waals surface area contributed by atoms with Gasteiger partial charge in [0.15, 0.2) is 11.5 Å². The lowest BCUT2D eigenvalue weighted by Crippen LogP contribution is -2.11.